The fraction of sp³-hybridized carbons (Fsp3) is 0.385. The number of nitriles is 1. The van der Waals surface area contributed by atoms with Crippen molar-refractivity contribution in [2.45, 2.75) is 19.1 Å². The van der Waals surface area contributed by atoms with Gasteiger partial charge in [0.25, 0.3) is 5.91 Å². The highest BCUT2D eigenvalue weighted by Crippen LogP contribution is 2.17. The number of carbonyl (C=O) groups excluding carboxylic acids is 1. The van der Waals surface area contributed by atoms with E-state index in [2.05, 4.69) is 5.32 Å². The van der Waals surface area contributed by atoms with Gasteiger partial charge in [0.05, 0.1) is 18.3 Å². The fourth-order valence-corrected chi connectivity index (χ4v) is 1.33. The highest BCUT2D eigenvalue weighted by Gasteiger charge is 2.16. The lowest BCUT2D eigenvalue weighted by atomic mass is 10.2. The van der Waals surface area contributed by atoms with Crippen LogP contribution in [0, 0.1) is 11.3 Å². The summed E-state index contributed by atoms with van der Waals surface area (Å²) in [5.74, 6) is -0.101. The molecule has 0 aliphatic heterocycles. The van der Waals surface area contributed by atoms with Gasteiger partial charge in [-0.15, -0.1) is 0 Å². The summed E-state index contributed by atoms with van der Waals surface area (Å²) in [6.07, 6.45) is -1.80. The number of hydrogen-bond acceptors (Lipinski definition) is 5. The maximum atomic E-state index is 11.7. The molecule has 0 heterocycles. The molecular formula is C13H16N2O4. The van der Waals surface area contributed by atoms with E-state index in [9.17, 15) is 4.79 Å². The molecule has 0 bridgehead atoms. The van der Waals surface area contributed by atoms with E-state index in [1.807, 2.05) is 6.07 Å². The minimum Gasteiger partial charge on any atom is -0.480 e. The minimum atomic E-state index is -0.998. The Bertz CT molecular complexity index is 470. The summed E-state index contributed by atoms with van der Waals surface area (Å²) in [5.41, 5.74) is 0.345. The standard InChI is InChI=1S/C13H16N2O4/c1-9(13(18)15-7-11(17)8-16)19-12-5-3-2-4-10(12)6-14/h2-5,9,11,16-17H,7-8H2,1H3,(H,15,18). The zero-order chi connectivity index (χ0) is 14.3. The lowest BCUT2D eigenvalue weighted by molar-refractivity contribution is -0.127. The Morgan fingerprint density at radius 1 is 1.53 bits per heavy atom. The first-order valence-electron chi connectivity index (χ1n) is 5.81. The van der Waals surface area contributed by atoms with Crippen LogP contribution >= 0.6 is 0 Å². The number of nitrogens with one attached hydrogen (secondary N) is 1. The van der Waals surface area contributed by atoms with E-state index in [-0.39, 0.29) is 6.54 Å². The van der Waals surface area contributed by atoms with Crippen LogP contribution in [0.2, 0.25) is 0 Å². The van der Waals surface area contributed by atoms with Gasteiger partial charge in [-0.2, -0.15) is 5.26 Å². The molecule has 1 aromatic rings. The number of amides is 1. The molecule has 0 saturated heterocycles. The summed E-state index contributed by atoms with van der Waals surface area (Å²) < 4.78 is 5.39. The molecule has 3 N–H and O–H groups in total. The van der Waals surface area contributed by atoms with E-state index in [1.54, 1.807) is 24.3 Å². The Morgan fingerprint density at radius 2 is 2.21 bits per heavy atom. The van der Waals surface area contributed by atoms with E-state index in [0.29, 0.717) is 11.3 Å². The highest BCUT2D eigenvalue weighted by atomic mass is 16.5. The summed E-state index contributed by atoms with van der Waals surface area (Å²) >= 11 is 0. The smallest absolute Gasteiger partial charge is 0.260 e. The van der Waals surface area contributed by atoms with E-state index < -0.39 is 24.7 Å². The molecule has 2 atom stereocenters. The monoisotopic (exact) mass is 264 g/mol. The lowest BCUT2D eigenvalue weighted by Gasteiger charge is -2.16. The van der Waals surface area contributed by atoms with Crippen molar-refractivity contribution in [3.63, 3.8) is 0 Å². The summed E-state index contributed by atoms with van der Waals surface area (Å²) in [4.78, 5) is 11.7. The SMILES string of the molecule is CC(Oc1ccccc1C#N)C(=O)NCC(O)CO. The predicted octanol–water partition coefficient (Wildman–Crippen LogP) is -0.205. The van der Waals surface area contributed by atoms with Crippen LogP contribution in [0.4, 0.5) is 0 Å². The van der Waals surface area contributed by atoms with Crippen LogP contribution in [0.5, 0.6) is 5.75 Å². The van der Waals surface area contributed by atoms with Crippen molar-refractivity contribution in [1.82, 2.24) is 5.32 Å². The predicted molar refractivity (Wildman–Crippen MR) is 67.3 cm³/mol. The third kappa shape index (κ3) is 4.58. The van der Waals surface area contributed by atoms with Gasteiger partial charge < -0.3 is 20.3 Å². The third-order valence-electron chi connectivity index (χ3n) is 2.40. The Labute approximate surface area is 111 Å². The normalized spacial score (nSPS) is 13.2. The topological polar surface area (TPSA) is 103 Å². The van der Waals surface area contributed by atoms with Crippen LogP contribution in [-0.4, -0.2) is 41.5 Å². The number of aliphatic hydroxyl groups is 2. The van der Waals surface area contributed by atoms with Crippen molar-refractivity contribution >= 4 is 5.91 Å². The fourth-order valence-electron chi connectivity index (χ4n) is 1.33. The van der Waals surface area contributed by atoms with Gasteiger partial charge >= 0.3 is 0 Å². The van der Waals surface area contributed by atoms with Crippen molar-refractivity contribution in [3.8, 4) is 11.8 Å². The molecule has 0 aliphatic rings. The van der Waals surface area contributed by atoms with E-state index in [0.717, 1.165) is 0 Å². The number of para-hydroxylation sites is 1. The quantitative estimate of drug-likeness (QED) is 0.660. The Hall–Kier alpha value is -2.10. The van der Waals surface area contributed by atoms with Crippen molar-refractivity contribution in [1.29, 1.82) is 5.26 Å². The minimum absolute atomic E-state index is 0.0526. The number of ether oxygens (including phenoxy) is 1. The van der Waals surface area contributed by atoms with Crippen molar-refractivity contribution in [2.24, 2.45) is 0 Å². The molecule has 0 fully saturated rings. The van der Waals surface area contributed by atoms with E-state index in [4.69, 9.17) is 20.2 Å². The molecule has 1 amide bonds. The van der Waals surface area contributed by atoms with Crippen LogP contribution < -0.4 is 10.1 Å². The molecule has 6 heteroatoms. The highest BCUT2D eigenvalue weighted by molar-refractivity contribution is 5.80. The van der Waals surface area contributed by atoms with Gasteiger partial charge in [0.15, 0.2) is 6.10 Å². The Morgan fingerprint density at radius 3 is 2.84 bits per heavy atom. The molecule has 19 heavy (non-hydrogen) atoms. The number of benzene rings is 1. The molecule has 0 radical (unpaired) electrons. The van der Waals surface area contributed by atoms with Gasteiger partial charge in [-0.05, 0) is 19.1 Å². The first-order chi connectivity index (χ1) is 9.08. The van der Waals surface area contributed by atoms with Gasteiger partial charge in [-0.1, -0.05) is 12.1 Å². The van der Waals surface area contributed by atoms with Crippen molar-refractivity contribution < 1.29 is 19.7 Å². The molecule has 2 unspecified atom stereocenters. The number of hydrogen-bond donors (Lipinski definition) is 3. The summed E-state index contributed by atoms with van der Waals surface area (Å²) in [5, 5.41) is 29.1. The Kier molecular flexibility index (Phi) is 5.79. The van der Waals surface area contributed by atoms with Crippen LogP contribution in [0.25, 0.3) is 0 Å². The number of nitrogens with zero attached hydrogens (tertiary/aromatic N) is 1. The molecular weight excluding hydrogens is 248 g/mol. The Balaban J connectivity index is 2.57. The third-order valence-corrected chi connectivity index (χ3v) is 2.40. The van der Waals surface area contributed by atoms with Gasteiger partial charge in [-0.25, -0.2) is 0 Å². The maximum absolute atomic E-state index is 11.7. The van der Waals surface area contributed by atoms with Gasteiger partial charge in [-0.3, -0.25) is 4.79 Å². The first kappa shape index (κ1) is 15.0. The van der Waals surface area contributed by atoms with Crippen molar-refractivity contribution in [3.05, 3.63) is 29.8 Å². The molecule has 1 rings (SSSR count). The average molecular weight is 264 g/mol. The van der Waals surface area contributed by atoms with Crippen LogP contribution in [-0.2, 0) is 4.79 Å². The second-order valence-electron chi connectivity index (χ2n) is 3.95. The van der Waals surface area contributed by atoms with Gasteiger partial charge in [0.2, 0.25) is 0 Å². The van der Waals surface area contributed by atoms with E-state index >= 15 is 0 Å². The number of aliphatic hydroxyl groups excluding tert-OH is 2. The summed E-state index contributed by atoms with van der Waals surface area (Å²) in [7, 11) is 0. The summed E-state index contributed by atoms with van der Waals surface area (Å²) in [6, 6.07) is 8.57. The second-order valence-corrected chi connectivity index (χ2v) is 3.95. The maximum Gasteiger partial charge on any atom is 0.260 e. The van der Waals surface area contributed by atoms with Crippen LogP contribution in [0.1, 0.15) is 12.5 Å². The largest absolute Gasteiger partial charge is 0.480 e. The molecule has 0 saturated carbocycles. The zero-order valence-electron chi connectivity index (χ0n) is 10.5. The van der Waals surface area contributed by atoms with Gasteiger partial charge in [0.1, 0.15) is 11.8 Å². The first-order valence-corrected chi connectivity index (χ1v) is 5.81. The van der Waals surface area contributed by atoms with Crippen LogP contribution in [0.3, 0.4) is 0 Å². The molecule has 6 nitrogen and oxygen atoms in total. The second kappa shape index (κ2) is 7.36. The lowest BCUT2D eigenvalue weighted by Crippen LogP contribution is -2.41. The molecule has 0 spiro atoms. The zero-order valence-corrected chi connectivity index (χ0v) is 10.5. The van der Waals surface area contributed by atoms with Crippen molar-refractivity contribution in [2.75, 3.05) is 13.2 Å². The number of carbonyl (C=O) groups is 1. The molecule has 1 aromatic carbocycles. The molecule has 0 aromatic heterocycles. The van der Waals surface area contributed by atoms with Crippen LogP contribution in [0.15, 0.2) is 24.3 Å². The number of rotatable bonds is 6. The van der Waals surface area contributed by atoms with Gasteiger partial charge in [0, 0.05) is 6.54 Å². The molecule has 102 valence electrons. The molecule has 0 aliphatic carbocycles. The average Bonchev–Trinajstić information content (AvgIpc) is 2.44. The summed E-state index contributed by atoms with van der Waals surface area (Å²) in [6.45, 7) is 1.06. The van der Waals surface area contributed by atoms with E-state index in [1.165, 1.54) is 6.92 Å².